The molecule has 2 heterocycles. The number of piperidine rings is 1. The van der Waals surface area contributed by atoms with E-state index < -0.39 is 0 Å². The Morgan fingerprint density at radius 3 is 2.79 bits per heavy atom. The van der Waals surface area contributed by atoms with Gasteiger partial charge in [0.1, 0.15) is 5.82 Å². The molecule has 6 heteroatoms. The van der Waals surface area contributed by atoms with Gasteiger partial charge in [0.25, 0.3) is 0 Å². The van der Waals surface area contributed by atoms with Crippen LogP contribution in [0.15, 0.2) is 10.7 Å². The largest absolute Gasteiger partial charge is 0.358 e. The van der Waals surface area contributed by atoms with Gasteiger partial charge in [0.2, 0.25) is 5.95 Å². The van der Waals surface area contributed by atoms with Gasteiger partial charge in [-0.05, 0) is 54.8 Å². The maximum atomic E-state index is 4.52. The van der Waals surface area contributed by atoms with Crippen LogP contribution in [0.1, 0.15) is 12.8 Å². The summed E-state index contributed by atoms with van der Waals surface area (Å²) in [5.74, 6) is 2.37. The first kappa shape index (κ1) is 14.5. The van der Waals surface area contributed by atoms with Crippen LogP contribution in [0.3, 0.4) is 0 Å². The van der Waals surface area contributed by atoms with Gasteiger partial charge in [0.15, 0.2) is 0 Å². The predicted octanol–water partition coefficient (Wildman–Crippen LogP) is 2.06. The second kappa shape index (κ2) is 6.52. The molecule has 0 aromatic carbocycles. The van der Waals surface area contributed by atoms with E-state index in [1.54, 1.807) is 6.20 Å². The van der Waals surface area contributed by atoms with Gasteiger partial charge in [-0.1, -0.05) is 0 Å². The van der Waals surface area contributed by atoms with Gasteiger partial charge in [-0.15, -0.1) is 0 Å². The van der Waals surface area contributed by atoms with Crippen molar-refractivity contribution < 1.29 is 0 Å². The van der Waals surface area contributed by atoms with E-state index in [0.717, 1.165) is 22.8 Å². The number of likely N-dealkylation sites (tertiary alicyclic amines) is 1. The summed E-state index contributed by atoms with van der Waals surface area (Å²) < 4.78 is 0.946. The quantitative estimate of drug-likeness (QED) is 0.917. The standard InChI is InChI=1S/C13H22BrN5/c1-15-13-16-8-11(14)12(17-13)19(3)9-10-4-6-18(2)7-5-10/h8,10H,4-7,9H2,1-3H3,(H,15,16,17). The highest BCUT2D eigenvalue weighted by molar-refractivity contribution is 9.10. The molecule has 1 aliphatic rings. The second-order valence-corrected chi connectivity index (χ2v) is 6.10. The Labute approximate surface area is 123 Å². The molecule has 0 spiro atoms. The van der Waals surface area contributed by atoms with E-state index >= 15 is 0 Å². The molecular formula is C13H22BrN5. The van der Waals surface area contributed by atoms with Crippen LogP contribution in [-0.4, -0.2) is 55.6 Å². The summed E-state index contributed by atoms with van der Waals surface area (Å²) in [6, 6.07) is 0. The van der Waals surface area contributed by atoms with Gasteiger partial charge >= 0.3 is 0 Å². The average Bonchev–Trinajstić information content (AvgIpc) is 2.42. The van der Waals surface area contributed by atoms with Crippen LogP contribution in [0.2, 0.25) is 0 Å². The fraction of sp³-hybridized carbons (Fsp3) is 0.692. The number of aromatic nitrogens is 2. The van der Waals surface area contributed by atoms with Crippen LogP contribution < -0.4 is 10.2 Å². The maximum Gasteiger partial charge on any atom is 0.224 e. The third-order valence-corrected chi connectivity index (χ3v) is 4.24. The minimum absolute atomic E-state index is 0.661. The Bertz CT molecular complexity index is 417. The summed E-state index contributed by atoms with van der Waals surface area (Å²) in [7, 11) is 6.13. The Kier molecular flexibility index (Phi) is 4.99. The fourth-order valence-corrected chi connectivity index (χ4v) is 2.96. The number of nitrogens with one attached hydrogen (secondary N) is 1. The van der Waals surface area contributed by atoms with E-state index in [2.05, 4.69) is 55.1 Å². The SMILES string of the molecule is CNc1ncc(Br)c(N(C)CC2CCN(C)CC2)n1. The molecule has 5 nitrogen and oxygen atoms in total. The molecule has 1 aliphatic heterocycles. The van der Waals surface area contributed by atoms with Crippen molar-refractivity contribution >= 4 is 27.7 Å². The van der Waals surface area contributed by atoms with E-state index in [-0.39, 0.29) is 0 Å². The minimum atomic E-state index is 0.661. The molecule has 1 N–H and O–H groups in total. The first-order valence-electron chi connectivity index (χ1n) is 6.70. The van der Waals surface area contributed by atoms with Crippen molar-refractivity contribution in [1.29, 1.82) is 0 Å². The number of halogens is 1. The highest BCUT2D eigenvalue weighted by atomic mass is 79.9. The Morgan fingerprint density at radius 2 is 2.16 bits per heavy atom. The summed E-state index contributed by atoms with van der Waals surface area (Å²) in [5, 5.41) is 2.98. The number of rotatable bonds is 4. The van der Waals surface area contributed by atoms with Gasteiger partial charge < -0.3 is 15.1 Å². The van der Waals surface area contributed by atoms with Gasteiger partial charge in [-0.3, -0.25) is 0 Å². The summed E-state index contributed by atoms with van der Waals surface area (Å²) in [5.41, 5.74) is 0. The first-order valence-corrected chi connectivity index (χ1v) is 7.49. The van der Waals surface area contributed by atoms with Gasteiger partial charge in [-0.2, -0.15) is 4.98 Å². The zero-order valence-electron chi connectivity index (χ0n) is 11.9. The van der Waals surface area contributed by atoms with E-state index in [4.69, 9.17) is 0 Å². The lowest BCUT2D eigenvalue weighted by Gasteiger charge is -2.32. The number of hydrogen-bond donors (Lipinski definition) is 1. The van der Waals surface area contributed by atoms with Crippen LogP contribution in [0.5, 0.6) is 0 Å². The van der Waals surface area contributed by atoms with E-state index in [1.807, 2.05) is 7.05 Å². The molecule has 2 rings (SSSR count). The van der Waals surface area contributed by atoms with Crippen molar-refractivity contribution in [2.45, 2.75) is 12.8 Å². The van der Waals surface area contributed by atoms with E-state index in [0.29, 0.717) is 5.95 Å². The van der Waals surface area contributed by atoms with Crippen LogP contribution in [0.25, 0.3) is 0 Å². The van der Waals surface area contributed by atoms with Crippen LogP contribution in [0.4, 0.5) is 11.8 Å². The topological polar surface area (TPSA) is 44.3 Å². The average molecular weight is 328 g/mol. The molecule has 1 aromatic heterocycles. The van der Waals surface area contributed by atoms with Crippen molar-refractivity contribution in [2.75, 3.05) is 51.0 Å². The number of anilines is 2. The summed E-state index contributed by atoms with van der Waals surface area (Å²) in [6.07, 6.45) is 4.34. The molecule has 106 valence electrons. The molecule has 1 saturated heterocycles. The predicted molar refractivity (Wildman–Crippen MR) is 82.8 cm³/mol. The maximum absolute atomic E-state index is 4.52. The molecule has 0 saturated carbocycles. The van der Waals surface area contributed by atoms with Crippen molar-refractivity contribution in [3.8, 4) is 0 Å². The Morgan fingerprint density at radius 1 is 1.47 bits per heavy atom. The second-order valence-electron chi connectivity index (χ2n) is 5.24. The fourth-order valence-electron chi connectivity index (χ4n) is 2.46. The van der Waals surface area contributed by atoms with Crippen molar-refractivity contribution in [2.24, 2.45) is 5.92 Å². The Balaban J connectivity index is 2.01. The minimum Gasteiger partial charge on any atom is -0.358 e. The van der Waals surface area contributed by atoms with Crippen LogP contribution >= 0.6 is 15.9 Å². The molecule has 0 unspecified atom stereocenters. The monoisotopic (exact) mass is 327 g/mol. The van der Waals surface area contributed by atoms with Crippen molar-refractivity contribution in [3.63, 3.8) is 0 Å². The third-order valence-electron chi connectivity index (χ3n) is 3.68. The first-order chi connectivity index (χ1) is 9.10. The summed E-state index contributed by atoms with van der Waals surface area (Å²) >= 11 is 3.53. The molecule has 0 amide bonds. The van der Waals surface area contributed by atoms with Crippen molar-refractivity contribution in [3.05, 3.63) is 10.7 Å². The number of nitrogens with zero attached hydrogens (tertiary/aromatic N) is 4. The van der Waals surface area contributed by atoms with Crippen LogP contribution in [-0.2, 0) is 0 Å². The van der Waals surface area contributed by atoms with Crippen molar-refractivity contribution in [1.82, 2.24) is 14.9 Å². The highest BCUT2D eigenvalue weighted by Gasteiger charge is 2.19. The lowest BCUT2D eigenvalue weighted by molar-refractivity contribution is 0.222. The lowest BCUT2D eigenvalue weighted by Crippen LogP contribution is -2.36. The molecule has 1 aromatic rings. The van der Waals surface area contributed by atoms with Crippen LogP contribution in [0, 0.1) is 5.92 Å². The summed E-state index contributed by atoms with van der Waals surface area (Å²) in [4.78, 5) is 13.3. The molecule has 0 radical (unpaired) electrons. The third kappa shape index (κ3) is 3.79. The smallest absolute Gasteiger partial charge is 0.224 e. The highest BCUT2D eigenvalue weighted by Crippen LogP contribution is 2.25. The molecule has 0 atom stereocenters. The molecule has 0 bridgehead atoms. The zero-order chi connectivity index (χ0) is 13.8. The van der Waals surface area contributed by atoms with E-state index in [9.17, 15) is 0 Å². The molecule has 1 fully saturated rings. The van der Waals surface area contributed by atoms with E-state index in [1.165, 1.54) is 25.9 Å². The summed E-state index contributed by atoms with van der Waals surface area (Å²) in [6.45, 7) is 3.45. The number of hydrogen-bond acceptors (Lipinski definition) is 5. The normalized spacial score (nSPS) is 17.5. The lowest BCUT2D eigenvalue weighted by atomic mass is 9.97. The van der Waals surface area contributed by atoms with Gasteiger partial charge in [-0.25, -0.2) is 4.98 Å². The van der Waals surface area contributed by atoms with Gasteiger partial charge in [0, 0.05) is 26.8 Å². The molecular weight excluding hydrogens is 306 g/mol. The Hall–Kier alpha value is -0.880. The van der Waals surface area contributed by atoms with Gasteiger partial charge in [0.05, 0.1) is 4.47 Å². The zero-order valence-corrected chi connectivity index (χ0v) is 13.4. The molecule has 19 heavy (non-hydrogen) atoms. The molecule has 0 aliphatic carbocycles.